The molecule has 0 aliphatic rings. The lowest BCUT2D eigenvalue weighted by Gasteiger charge is -2.07. The van der Waals surface area contributed by atoms with Crippen LogP contribution in [-0.2, 0) is 14.3 Å². The molecule has 0 aliphatic heterocycles. The van der Waals surface area contributed by atoms with Crippen LogP contribution >= 0.6 is 0 Å². The highest BCUT2D eigenvalue weighted by Gasteiger charge is 2.16. The molecule has 0 saturated heterocycles. The van der Waals surface area contributed by atoms with Crippen molar-refractivity contribution in [2.24, 2.45) is 0 Å². The van der Waals surface area contributed by atoms with Gasteiger partial charge in [-0.3, -0.25) is 0 Å². The van der Waals surface area contributed by atoms with Gasteiger partial charge in [-0.25, -0.2) is 9.59 Å². The number of carbonyl (C=O) groups is 2. The zero-order chi connectivity index (χ0) is 12.7. The largest absolute Gasteiger partial charge is 0.460 e. The highest BCUT2D eigenvalue weighted by Crippen LogP contribution is 2.07. The van der Waals surface area contributed by atoms with Crippen molar-refractivity contribution in [1.29, 1.82) is 0 Å². The number of allylic oxidation sites excluding steroid dienone is 1. The van der Waals surface area contributed by atoms with E-state index in [2.05, 4.69) is 0 Å². The van der Waals surface area contributed by atoms with Crippen LogP contribution in [0.3, 0.4) is 0 Å². The molecule has 0 radical (unpaired) electrons. The average molecular weight is 234 g/mol. The van der Waals surface area contributed by atoms with Crippen molar-refractivity contribution in [2.45, 2.75) is 13.8 Å². The summed E-state index contributed by atoms with van der Waals surface area (Å²) in [6.45, 7) is 3.52. The zero-order valence-electron chi connectivity index (χ0n) is 9.80. The van der Waals surface area contributed by atoms with E-state index in [1.54, 1.807) is 44.2 Å². The number of rotatable bonds is 4. The minimum absolute atomic E-state index is 0.0966. The molecule has 90 valence electrons. The fourth-order valence-corrected chi connectivity index (χ4v) is 1.15. The first kappa shape index (κ1) is 13.0. The van der Waals surface area contributed by atoms with Gasteiger partial charge in [0.2, 0.25) is 5.76 Å². The third-order valence-corrected chi connectivity index (χ3v) is 1.95. The molecule has 1 aromatic carbocycles. The van der Waals surface area contributed by atoms with Crippen LogP contribution < -0.4 is 0 Å². The lowest BCUT2D eigenvalue weighted by Crippen LogP contribution is -2.14. The molecule has 0 aliphatic carbocycles. The number of ether oxygens (including phenoxy) is 2. The minimum atomic E-state index is -0.640. The zero-order valence-corrected chi connectivity index (χ0v) is 9.80. The molecule has 4 heteroatoms. The molecular weight excluding hydrogens is 220 g/mol. The van der Waals surface area contributed by atoms with Gasteiger partial charge in [0.05, 0.1) is 12.2 Å². The third-order valence-electron chi connectivity index (χ3n) is 1.95. The number of hydrogen-bond acceptors (Lipinski definition) is 4. The first-order chi connectivity index (χ1) is 8.19. The van der Waals surface area contributed by atoms with Crippen LogP contribution in [0.25, 0.3) is 0 Å². The van der Waals surface area contributed by atoms with Crippen LogP contribution in [-0.4, -0.2) is 18.5 Å². The van der Waals surface area contributed by atoms with Gasteiger partial charge in [0.25, 0.3) is 0 Å². The smallest absolute Gasteiger partial charge is 0.374 e. The SMILES string of the molecule is C/C=C(\OC(=O)c1ccccc1)C(=O)OCC. The van der Waals surface area contributed by atoms with Gasteiger partial charge >= 0.3 is 11.9 Å². The molecule has 0 aromatic heterocycles. The fraction of sp³-hybridized carbons (Fsp3) is 0.231. The maximum atomic E-state index is 11.7. The second-order valence-corrected chi connectivity index (χ2v) is 3.13. The monoisotopic (exact) mass is 234 g/mol. The molecule has 4 nitrogen and oxygen atoms in total. The number of esters is 2. The quantitative estimate of drug-likeness (QED) is 0.455. The Hall–Kier alpha value is -2.10. The van der Waals surface area contributed by atoms with E-state index in [0.717, 1.165) is 0 Å². The lowest BCUT2D eigenvalue weighted by molar-refractivity contribution is -0.141. The van der Waals surface area contributed by atoms with Crippen LogP contribution in [0.5, 0.6) is 0 Å². The van der Waals surface area contributed by atoms with E-state index in [4.69, 9.17) is 9.47 Å². The number of benzene rings is 1. The summed E-state index contributed by atoms with van der Waals surface area (Å²) in [6.07, 6.45) is 1.40. The number of hydrogen-bond donors (Lipinski definition) is 0. The van der Waals surface area contributed by atoms with E-state index < -0.39 is 11.9 Å². The Kier molecular flexibility index (Phi) is 4.94. The fourth-order valence-electron chi connectivity index (χ4n) is 1.15. The van der Waals surface area contributed by atoms with Crippen molar-refractivity contribution in [3.8, 4) is 0 Å². The van der Waals surface area contributed by atoms with E-state index in [-0.39, 0.29) is 12.4 Å². The lowest BCUT2D eigenvalue weighted by atomic mass is 10.2. The van der Waals surface area contributed by atoms with Crippen LogP contribution in [0.15, 0.2) is 42.2 Å². The Morgan fingerprint density at radius 1 is 1.24 bits per heavy atom. The minimum Gasteiger partial charge on any atom is -0.460 e. The molecule has 0 saturated carbocycles. The van der Waals surface area contributed by atoms with Gasteiger partial charge in [-0.2, -0.15) is 0 Å². The highest BCUT2D eigenvalue weighted by molar-refractivity contribution is 5.95. The van der Waals surface area contributed by atoms with Crippen molar-refractivity contribution in [2.75, 3.05) is 6.61 Å². The van der Waals surface area contributed by atoms with E-state index >= 15 is 0 Å². The maximum absolute atomic E-state index is 11.7. The van der Waals surface area contributed by atoms with Gasteiger partial charge in [-0.05, 0) is 32.1 Å². The predicted octanol–water partition coefficient (Wildman–Crippen LogP) is 2.31. The van der Waals surface area contributed by atoms with Crippen molar-refractivity contribution in [3.05, 3.63) is 47.7 Å². The summed E-state index contributed by atoms with van der Waals surface area (Å²) in [4.78, 5) is 23.0. The van der Waals surface area contributed by atoms with E-state index in [1.807, 2.05) is 0 Å². The summed E-state index contributed by atoms with van der Waals surface area (Å²) in [6, 6.07) is 8.45. The van der Waals surface area contributed by atoms with Gasteiger partial charge in [0.1, 0.15) is 0 Å². The van der Waals surface area contributed by atoms with Crippen molar-refractivity contribution < 1.29 is 19.1 Å². The molecule has 0 unspecified atom stereocenters. The second kappa shape index (κ2) is 6.48. The molecular formula is C13H14O4. The molecule has 17 heavy (non-hydrogen) atoms. The van der Waals surface area contributed by atoms with Crippen molar-refractivity contribution in [1.82, 2.24) is 0 Å². The standard InChI is InChI=1S/C13H14O4/c1-3-11(13(15)16-4-2)17-12(14)10-8-6-5-7-9-10/h3,5-9H,4H2,1-2H3/b11-3-. The average Bonchev–Trinajstić information content (AvgIpc) is 2.37. The molecule has 1 rings (SSSR count). The summed E-state index contributed by atoms with van der Waals surface area (Å²) in [5, 5.41) is 0. The normalized spacial score (nSPS) is 10.8. The Labute approximate surface area is 99.8 Å². The first-order valence-electron chi connectivity index (χ1n) is 5.29. The van der Waals surface area contributed by atoms with Gasteiger partial charge < -0.3 is 9.47 Å². The van der Waals surface area contributed by atoms with E-state index in [9.17, 15) is 9.59 Å². The summed E-state index contributed by atoms with van der Waals surface area (Å²) >= 11 is 0. The second-order valence-electron chi connectivity index (χ2n) is 3.13. The van der Waals surface area contributed by atoms with Crippen molar-refractivity contribution in [3.63, 3.8) is 0 Å². The molecule has 0 amide bonds. The van der Waals surface area contributed by atoms with Crippen LogP contribution in [0.4, 0.5) is 0 Å². The van der Waals surface area contributed by atoms with Gasteiger partial charge in [-0.15, -0.1) is 0 Å². The summed E-state index contributed by atoms with van der Waals surface area (Å²) in [5.41, 5.74) is 0.385. The van der Waals surface area contributed by atoms with Gasteiger partial charge in [-0.1, -0.05) is 18.2 Å². The summed E-state index contributed by atoms with van der Waals surface area (Å²) in [5.74, 6) is -1.31. The van der Waals surface area contributed by atoms with Crippen LogP contribution in [0.2, 0.25) is 0 Å². The summed E-state index contributed by atoms with van der Waals surface area (Å²) < 4.78 is 9.69. The Bertz CT molecular complexity index is 420. The van der Waals surface area contributed by atoms with E-state index in [0.29, 0.717) is 5.56 Å². The van der Waals surface area contributed by atoms with Gasteiger partial charge in [0.15, 0.2) is 0 Å². The molecule has 0 heterocycles. The first-order valence-corrected chi connectivity index (χ1v) is 5.29. The molecule has 0 fully saturated rings. The van der Waals surface area contributed by atoms with Gasteiger partial charge in [0, 0.05) is 0 Å². The summed E-state index contributed by atoms with van der Waals surface area (Å²) in [7, 11) is 0. The van der Waals surface area contributed by atoms with Crippen molar-refractivity contribution >= 4 is 11.9 Å². The molecule has 1 aromatic rings. The Morgan fingerprint density at radius 3 is 2.41 bits per heavy atom. The molecule has 0 spiro atoms. The topological polar surface area (TPSA) is 52.6 Å². The number of carbonyl (C=O) groups excluding carboxylic acids is 2. The van der Waals surface area contributed by atoms with E-state index in [1.165, 1.54) is 6.08 Å². The molecule has 0 N–H and O–H groups in total. The molecule has 0 atom stereocenters. The Balaban J connectivity index is 2.71. The maximum Gasteiger partial charge on any atom is 0.374 e. The van der Waals surface area contributed by atoms with Crippen LogP contribution in [0.1, 0.15) is 24.2 Å². The highest BCUT2D eigenvalue weighted by atomic mass is 16.6. The molecule has 0 bridgehead atoms. The Morgan fingerprint density at radius 2 is 1.88 bits per heavy atom. The third kappa shape index (κ3) is 3.75. The van der Waals surface area contributed by atoms with Crippen LogP contribution in [0, 0.1) is 0 Å². The predicted molar refractivity (Wildman–Crippen MR) is 62.2 cm³/mol.